The Hall–Kier alpha value is -1.06. The molecule has 0 amide bonds. The van der Waals surface area contributed by atoms with E-state index >= 15 is 0 Å². The number of hydrogen-bond acceptors (Lipinski definition) is 3. The molecule has 2 rings (SSSR count). The van der Waals surface area contributed by atoms with Gasteiger partial charge in [0.05, 0.1) is 13.2 Å². The highest BCUT2D eigenvalue weighted by Crippen LogP contribution is 2.24. The van der Waals surface area contributed by atoms with Gasteiger partial charge < -0.3 is 15.2 Å². The van der Waals surface area contributed by atoms with E-state index in [1.807, 2.05) is 18.2 Å². The third kappa shape index (κ3) is 4.51. The average Bonchev–Trinajstić information content (AvgIpc) is 3.20. The first-order chi connectivity index (χ1) is 9.13. The van der Waals surface area contributed by atoms with Gasteiger partial charge in [-0.05, 0) is 51.2 Å². The molecule has 0 aliphatic heterocycles. The molecule has 1 unspecified atom stereocenters. The minimum Gasteiger partial charge on any atom is -0.493 e. The maximum Gasteiger partial charge on any atom is 0.122 e. The number of aliphatic hydroxyl groups excluding tert-OH is 1. The van der Waals surface area contributed by atoms with E-state index in [4.69, 9.17) is 4.74 Å². The van der Waals surface area contributed by atoms with Crippen molar-refractivity contribution in [2.75, 3.05) is 13.2 Å². The highest BCUT2D eigenvalue weighted by atomic mass is 16.5. The minimum absolute atomic E-state index is 0.156. The van der Waals surface area contributed by atoms with Crippen LogP contribution in [0.4, 0.5) is 0 Å². The van der Waals surface area contributed by atoms with Crippen LogP contribution in [0.3, 0.4) is 0 Å². The highest BCUT2D eigenvalue weighted by molar-refractivity contribution is 5.31. The Kier molecular flexibility index (Phi) is 4.83. The smallest absolute Gasteiger partial charge is 0.122 e. The standard InChI is InChI=1S/C16H25NO2/c1-13-6-3-4-7-15(13)19-11-5-10-16(2,12-18)17-14-8-9-14/h3-4,6-7,14,17-18H,5,8-12H2,1-2H3. The molecule has 3 nitrogen and oxygen atoms in total. The maximum atomic E-state index is 9.52. The summed E-state index contributed by atoms with van der Waals surface area (Å²) in [5, 5.41) is 13.0. The number of ether oxygens (including phenoxy) is 1. The third-order valence-electron chi connectivity index (χ3n) is 3.70. The molecule has 1 atom stereocenters. The fraction of sp³-hybridized carbons (Fsp3) is 0.625. The molecule has 1 fully saturated rings. The molecule has 1 aromatic rings. The van der Waals surface area contributed by atoms with E-state index in [1.165, 1.54) is 18.4 Å². The van der Waals surface area contributed by atoms with Gasteiger partial charge in [0, 0.05) is 11.6 Å². The summed E-state index contributed by atoms with van der Waals surface area (Å²) in [4.78, 5) is 0. The zero-order valence-electron chi connectivity index (χ0n) is 12.0. The van der Waals surface area contributed by atoms with Crippen LogP contribution in [0, 0.1) is 6.92 Å². The van der Waals surface area contributed by atoms with Crippen LogP contribution in [0.25, 0.3) is 0 Å². The van der Waals surface area contributed by atoms with Gasteiger partial charge in [-0.25, -0.2) is 0 Å². The van der Waals surface area contributed by atoms with Crippen molar-refractivity contribution >= 4 is 0 Å². The van der Waals surface area contributed by atoms with E-state index < -0.39 is 0 Å². The van der Waals surface area contributed by atoms with Gasteiger partial charge in [0.1, 0.15) is 5.75 Å². The molecule has 2 N–H and O–H groups in total. The Labute approximate surface area is 116 Å². The largest absolute Gasteiger partial charge is 0.493 e. The van der Waals surface area contributed by atoms with E-state index in [0.717, 1.165) is 18.6 Å². The van der Waals surface area contributed by atoms with E-state index in [1.54, 1.807) is 0 Å². The van der Waals surface area contributed by atoms with Crippen molar-refractivity contribution < 1.29 is 9.84 Å². The molecular weight excluding hydrogens is 238 g/mol. The van der Waals surface area contributed by atoms with Crippen LogP contribution in [-0.4, -0.2) is 29.9 Å². The molecule has 0 radical (unpaired) electrons. The van der Waals surface area contributed by atoms with Crippen molar-refractivity contribution in [1.29, 1.82) is 0 Å². The van der Waals surface area contributed by atoms with Gasteiger partial charge in [-0.1, -0.05) is 18.2 Å². The molecule has 1 aliphatic carbocycles. The summed E-state index contributed by atoms with van der Waals surface area (Å²) in [5.74, 6) is 0.961. The summed E-state index contributed by atoms with van der Waals surface area (Å²) in [6, 6.07) is 8.69. The Morgan fingerprint density at radius 1 is 1.37 bits per heavy atom. The van der Waals surface area contributed by atoms with Crippen molar-refractivity contribution in [3.8, 4) is 5.75 Å². The van der Waals surface area contributed by atoms with Crippen LogP contribution in [-0.2, 0) is 0 Å². The Morgan fingerprint density at radius 2 is 2.11 bits per heavy atom. The molecule has 1 aliphatic rings. The quantitative estimate of drug-likeness (QED) is 0.709. The number of nitrogens with one attached hydrogen (secondary N) is 1. The van der Waals surface area contributed by atoms with Gasteiger partial charge >= 0.3 is 0 Å². The van der Waals surface area contributed by atoms with Crippen molar-refractivity contribution in [3.63, 3.8) is 0 Å². The van der Waals surface area contributed by atoms with Crippen molar-refractivity contribution in [2.24, 2.45) is 0 Å². The zero-order chi connectivity index (χ0) is 13.7. The molecule has 106 valence electrons. The van der Waals surface area contributed by atoms with Crippen molar-refractivity contribution in [2.45, 2.75) is 51.1 Å². The number of rotatable bonds is 8. The highest BCUT2D eigenvalue weighted by Gasteiger charge is 2.31. The monoisotopic (exact) mass is 263 g/mol. The van der Waals surface area contributed by atoms with Gasteiger partial charge in [-0.3, -0.25) is 0 Å². The molecule has 1 saturated carbocycles. The second-order valence-electron chi connectivity index (χ2n) is 5.85. The minimum atomic E-state index is -0.156. The second kappa shape index (κ2) is 6.40. The van der Waals surface area contributed by atoms with Crippen LogP contribution >= 0.6 is 0 Å². The zero-order valence-corrected chi connectivity index (χ0v) is 12.0. The fourth-order valence-corrected chi connectivity index (χ4v) is 2.28. The topological polar surface area (TPSA) is 41.5 Å². The number of aliphatic hydroxyl groups is 1. The van der Waals surface area contributed by atoms with Crippen molar-refractivity contribution in [3.05, 3.63) is 29.8 Å². The van der Waals surface area contributed by atoms with E-state index in [-0.39, 0.29) is 12.1 Å². The molecule has 0 aromatic heterocycles. The summed E-state index contributed by atoms with van der Waals surface area (Å²) in [6.45, 7) is 5.04. The SMILES string of the molecule is Cc1ccccc1OCCCC(C)(CO)NC1CC1. The Balaban J connectivity index is 1.72. The number of benzene rings is 1. The second-order valence-corrected chi connectivity index (χ2v) is 5.85. The Morgan fingerprint density at radius 3 is 2.74 bits per heavy atom. The maximum absolute atomic E-state index is 9.52. The van der Waals surface area contributed by atoms with Crippen LogP contribution in [0.1, 0.15) is 38.2 Å². The van der Waals surface area contributed by atoms with Gasteiger partial charge in [0.15, 0.2) is 0 Å². The third-order valence-corrected chi connectivity index (χ3v) is 3.70. The van der Waals surface area contributed by atoms with Crippen molar-refractivity contribution in [1.82, 2.24) is 5.32 Å². The first-order valence-corrected chi connectivity index (χ1v) is 7.20. The Bertz CT molecular complexity index is 403. The predicted octanol–water partition coefficient (Wildman–Crippen LogP) is 2.66. The number of para-hydroxylation sites is 1. The molecule has 0 spiro atoms. The first kappa shape index (κ1) is 14.4. The van der Waals surface area contributed by atoms with Crippen LogP contribution in [0.2, 0.25) is 0 Å². The normalized spacial score (nSPS) is 18.1. The van der Waals surface area contributed by atoms with Gasteiger partial charge in [-0.15, -0.1) is 0 Å². The summed E-state index contributed by atoms with van der Waals surface area (Å²) in [6.07, 6.45) is 4.38. The number of aryl methyl sites for hydroxylation is 1. The van der Waals surface area contributed by atoms with Crippen LogP contribution in [0.15, 0.2) is 24.3 Å². The molecule has 0 saturated heterocycles. The van der Waals surface area contributed by atoms with Crippen LogP contribution in [0.5, 0.6) is 5.75 Å². The molecule has 3 heteroatoms. The lowest BCUT2D eigenvalue weighted by Gasteiger charge is -2.29. The van der Waals surface area contributed by atoms with Gasteiger partial charge in [-0.2, -0.15) is 0 Å². The summed E-state index contributed by atoms with van der Waals surface area (Å²) < 4.78 is 5.79. The van der Waals surface area contributed by atoms with Gasteiger partial charge in [0.2, 0.25) is 0 Å². The lowest BCUT2D eigenvalue weighted by molar-refractivity contribution is 0.154. The summed E-state index contributed by atoms with van der Waals surface area (Å²) in [7, 11) is 0. The lowest BCUT2D eigenvalue weighted by Crippen LogP contribution is -2.47. The molecule has 19 heavy (non-hydrogen) atoms. The predicted molar refractivity (Wildman–Crippen MR) is 77.6 cm³/mol. The van der Waals surface area contributed by atoms with Gasteiger partial charge in [0.25, 0.3) is 0 Å². The molecule has 1 aromatic carbocycles. The molecular formula is C16H25NO2. The average molecular weight is 263 g/mol. The van der Waals surface area contributed by atoms with E-state index in [2.05, 4.69) is 25.2 Å². The first-order valence-electron chi connectivity index (χ1n) is 7.20. The van der Waals surface area contributed by atoms with E-state index in [9.17, 15) is 5.11 Å². The lowest BCUT2D eigenvalue weighted by atomic mass is 9.97. The fourth-order valence-electron chi connectivity index (χ4n) is 2.28. The van der Waals surface area contributed by atoms with Crippen LogP contribution < -0.4 is 10.1 Å². The van der Waals surface area contributed by atoms with E-state index in [0.29, 0.717) is 12.6 Å². The molecule has 0 heterocycles. The number of hydrogen-bond donors (Lipinski definition) is 2. The summed E-state index contributed by atoms with van der Waals surface area (Å²) >= 11 is 0. The molecule has 0 bridgehead atoms. The summed E-state index contributed by atoms with van der Waals surface area (Å²) in [5.41, 5.74) is 1.01.